The van der Waals surface area contributed by atoms with Crippen molar-refractivity contribution in [2.24, 2.45) is 9.98 Å². The summed E-state index contributed by atoms with van der Waals surface area (Å²) in [7, 11) is 0. The van der Waals surface area contributed by atoms with Crippen LogP contribution in [0, 0.1) is 0 Å². The van der Waals surface area contributed by atoms with E-state index in [9.17, 15) is 0 Å². The predicted octanol–water partition coefficient (Wildman–Crippen LogP) is 5.68. The summed E-state index contributed by atoms with van der Waals surface area (Å²) in [5.41, 5.74) is 5.10. The average molecular weight is 387 g/mol. The summed E-state index contributed by atoms with van der Waals surface area (Å²) in [6, 6.07) is 25.7. The molecule has 0 unspecified atom stereocenters. The van der Waals surface area contributed by atoms with Crippen molar-refractivity contribution in [2.75, 3.05) is 0 Å². The highest BCUT2D eigenvalue weighted by molar-refractivity contribution is 5.95. The zero-order valence-electron chi connectivity index (χ0n) is 16.1. The monoisotopic (exact) mass is 387 g/mol. The third kappa shape index (κ3) is 3.95. The van der Waals surface area contributed by atoms with Crippen LogP contribution in [0.3, 0.4) is 0 Å². The first-order chi connectivity index (χ1) is 14.8. The number of aromatic nitrogens is 3. The second-order valence-corrected chi connectivity index (χ2v) is 6.77. The van der Waals surface area contributed by atoms with Crippen LogP contribution in [0.25, 0.3) is 21.8 Å². The molecule has 5 heteroatoms. The fraction of sp³-hybridized carbons (Fsp3) is 0. The van der Waals surface area contributed by atoms with Crippen LogP contribution in [0.5, 0.6) is 0 Å². The molecule has 0 atom stereocenters. The van der Waals surface area contributed by atoms with Gasteiger partial charge in [0.15, 0.2) is 0 Å². The van der Waals surface area contributed by atoms with Gasteiger partial charge in [0.25, 0.3) is 0 Å². The van der Waals surface area contributed by atoms with Gasteiger partial charge < -0.3 is 0 Å². The molecular formula is C25H17N5. The Morgan fingerprint density at radius 3 is 1.57 bits per heavy atom. The van der Waals surface area contributed by atoms with E-state index in [1.54, 1.807) is 24.8 Å². The van der Waals surface area contributed by atoms with E-state index in [2.05, 4.69) is 26.0 Å². The van der Waals surface area contributed by atoms with Crippen molar-refractivity contribution < 1.29 is 0 Å². The maximum absolute atomic E-state index is 4.83. The average Bonchev–Trinajstić information content (AvgIpc) is 2.81. The molecule has 5 rings (SSSR count). The summed E-state index contributed by atoms with van der Waals surface area (Å²) in [4.78, 5) is 22.4. The number of hydrogen-bond acceptors (Lipinski definition) is 5. The highest BCUT2D eigenvalue weighted by Crippen LogP contribution is 2.26. The molecule has 2 aromatic carbocycles. The molecule has 5 aromatic rings. The molecule has 3 heterocycles. The second kappa shape index (κ2) is 8.01. The van der Waals surface area contributed by atoms with Crippen LogP contribution in [0.15, 0.2) is 101 Å². The quantitative estimate of drug-likeness (QED) is 0.294. The Bertz CT molecular complexity index is 1270. The molecule has 0 aliphatic carbocycles. The molecule has 5 nitrogen and oxygen atoms in total. The normalized spacial score (nSPS) is 11.7. The molecule has 0 aliphatic rings. The maximum atomic E-state index is 4.83. The fourth-order valence-electron chi connectivity index (χ4n) is 3.15. The number of benzene rings is 2. The van der Waals surface area contributed by atoms with E-state index < -0.39 is 0 Å². The zero-order valence-corrected chi connectivity index (χ0v) is 16.1. The molecule has 142 valence electrons. The van der Waals surface area contributed by atoms with Crippen LogP contribution in [0.1, 0.15) is 11.4 Å². The Morgan fingerprint density at radius 2 is 1.10 bits per heavy atom. The molecular weight excluding hydrogens is 370 g/mol. The maximum Gasteiger partial charge on any atom is 0.0812 e. The van der Waals surface area contributed by atoms with Gasteiger partial charge in [-0.15, -0.1) is 0 Å². The van der Waals surface area contributed by atoms with Crippen molar-refractivity contribution in [1.82, 2.24) is 15.0 Å². The van der Waals surface area contributed by atoms with E-state index in [4.69, 9.17) is 4.98 Å². The van der Waals surface area contributed by atoms with Crippen LogP contribution in [-0.4, -0.2) is 27.4 Å². The number of fused-ring (bicyclic) bond motifs is 2. The van der Waals surface area contributed by atoms with Crippen molar-refractivity contribution >= 4 is 45.6 Å². The lowest BCUT2D eigenvalue weighted by atomic mass is 10.1. The summed E-state index contributed by atoms with van der Waals surface area (Å²) in [5, 5.41) is 2.15. The Balaban J connectivity index is 1.48. The first-order valence-electron chi connectivity index (χ1n) is 9.58. The van der Waals surface area contributed by atoms with Crippen molar-refractivity contribution in [2.45, 2.75) is 0 Å². The summed E-state index contributed by atoms with van der Waals surface area (Å²) < 4.78 is 0. The second-order valence-electron chi connectivity index (χ2n) is 6.77. The zero-order chi connectivity index (χ0) is 20.2. The van der Waals surface area contributed by atoms with Crippen LogP contribution in [-0.2, 0) is 0 Å². The van der Waals surface area contributed by atoms with Crippen molar-refractivity contribution in [3.05, 3.63) is 103 Å². The van der Waals surface area contributed by atoms with Gasteiger partial charge in [-0.2, -0.15) is 0 Å². The van der Waals surface area contributed by atoms with Gasteiger partial charge in [0.2, 0.25) is 0 Å². The molecule has 0 amide bonds. The third-order valence-electron chi connectivity index (χ3n) is 4.65. The molecule has 0 aliphatic heterocycles. The van der Waals surface area contributed by atoms with Gasteiger partial charge in [0.05, 0.1) is 46.2 Å². The predicted molar refractivity (Wildman–Crippen MR) is 122 cm³/mol. The van der Waals surface area contributed by atoms with Gasteiger partial charge in [-0.3, -0.25) is 20.0 Å². The largest absolute Gasteiger partial charge is 0.255 e. The Hall–Kier alpha value is -4.25. The van der Waals surface area contributed by atoms with Gasteiger partial charge in [-0.1, -0.05) is 24.3 Å². The molecule has 0 fully saturated rings. The van der Waals surface area contributed by atoms with Crippen molar-refractivity contribution in [1.29, 1.82) is 0 Å². The number of pyridine rings is 3. The van der Waals surface area contributed by atoms with E-state index in [1.165, 1.54) is 0 Å². The summed E-state index contributed by atoms with van der Waals surface area (Å²) in [6.45, 7) is 0. The van der Waals surface area contributed by atoms with Crippen molar-refractivity contribution in [3.8, 4) is 0 Å². The lowest BCUT2D eigenvalue weighted by Crippen LogP contribution is -1.86. The van der Waals surface area contributed by atoms with Gasteiger partial charge in [-0.25, -0.2) is 4.98 Å². The summed E-state index contributed by atoms with van der Waals surface area (Å²) in [5.74, 6) is 0. The minimum absolute atomic E-state index is 0.819. The highest BCUT2D eigenvalue weighted by Gasteiger charge is 2.02. The Kier molecular flexibility index (Phi) is 4.76. The third-order valence-corrected chi connectivity index (χ3v) is 4.65. The van der Waals surface area contributed by atoms with Gasteiger partial charge in [0, 0.05) is 23.2 Å². The molecule has 0 N–H and O–H groups in total. The van der Waals surface area contributed by atoms with E-state index in [0.717, 1.165) is 44.6 Å². The minimum Gasteiger partial charge on any atom is -0.255 e. The molecule has 0 bridgehead atoms. The van der Waals surface area contributed by atoms with Crippen LogP contribution in [0.4, 0.5) is 11.4 Å². The highest BCUT2D eigenvalue weighted by atomic mass is 14.8. The summed E-state index contributed by atoms with van der Waals surface area (Å²) >= 11 is 0. The Morgan fingerprint density at radius 1 is 0.567 bits per heavy atom. The van der Waals surface area contributed by atoms with Gasteiger partial charge in [-0.05, 0) is 54.6 Å². The standard InChI is InChI=1S/C25H17N5/c1-3-11-26-22(5-1)16-28-20-9-7-18-13-19-8-10-21(15-25(19)30-24(18)14-20)29-17-23-6-2-4-12-27-23/h1-17H. The molecule has 0 saturated heterocycles. The first kappa shape index (κ1) is 17.8. The van der Waals surface area contributed by atoms with Crippen LogP contribution < -0.4 is 0 Å². The fourth-order valence-corrected chi connectivity index (χ4v) is 3.15. The molecule has 0 spiro atoms. The summed E-state index contributed by atoms with van der Waals surface area (Å²) in [6.07, 6.45) is 7.02. The Labute approximate surface area is 173 Å². The number of aliphatic imine (C=N–C) groups is 2. The molecule has 30 heavy (non-hydrogen) atoms. The molecule has 0 saturated carbocycles. The smallest absolute Gasteiger partial charge is 0.0812 e. The number of nitrogens with zero attached hydrogens (tertiary/aromatic N) is 5. The van der Waals surface area contributed by atoms with Gasteiger partial charge in [0.1, 0.15) is 0 Å². The number of hydrogen-bond donors (Lipinski definition) is 0. The van der Waals surface area contributed by atoms with Gasteiger partial charge >= 0.3 is 0 Å². The minimum atomic E-state index is 0.819. The molecule has 3 aromatic heterocycles. The first-order valence-corrected chi connectivity index (χ1v) is 9.58. The topological polar surface area (TPSA) is 63.4 Å². The van der Waals surface area contributed by atoms with Crippen LogP contribution in [0.2, 0.25) is 0 Å². The van der Waals surface area contributed by atoms with Crippen molar-refractivity contribution in [3.63, 3.8) is 0 Å². The van der Waals surface area contributed by atoms with E-state index in [-0.39, 0.29) is 0 Å². The van der Waals surface area contributed by atoms with E-state index in [0.29, 0.717) is 0 Å². The lowest BCUT2D eigenvalue weighted by molar-refractivity contribution is 1.30. The van der Waals surface area contributed by atoms with E-state index in [1.807, 2.05) is 72.8 Å². The van der Waals surface area contributed by atoms with E-state index >= 15 is 0 Å². The van der Waals surface area contributed by atoms with Crippen LogP contribution >= 0.6 is 0 Å². The number of rotatable bonds is 4. The molecule has 0 radical (unpaired) electrons. The lowest BCUT2D eigenvalue weighted by Gasteiger charge is -2.04. The SMILES string of the molecule is C(=Nc1ccc2cc3ccc(N=Cc4ccccn4)cc3nc2c1)c1ccccn1.